The monoisotopic (exact) mass is 552 g/mol. The molecule has 5 N–H and O–H groups in total. The molecule has 6 rings (SSSR count). The van der Waals surface area contributed by atoms with Crippen molar-refractivity contribution in [3.63, 3.8) is 0 Å². The molecule has 204 valence electrons. The third-order valence-electron chi connectivity index (χ3n) is 6.75. The highest BCUT2D eigenvalue weighted by Gasteiger charge is 2.23. The Balaban J connectivity index is 1.60. The third-order valence-corrected chi connectivity index (χ3v) is 6.75. The van der Waals surface area contributed by atoms with Gasteiger partial charge in [-0.15, -0.1) is 0 Å². The van der Waals surface area contributed by atoms with Crippen molar-refractivity contribution in [1.29, 1.82) is 0 Å². The number of phenols is 5. The molecular formula is C31H20O10. The minimum absolute atomic E-state index is 0.00249. The first kappa shape index (κ1) is 25.4. The van der Waals surface area contributed by atoms with Gasteiger partial charge in [0, 0.05) is 35.4 Å². The highest BCUT2D eigenvalue weighted by Crippen LogP contribution is 2.45. The average molecular weight is 552 g/mol. The minimum Gasteiger partial charge on any atom is -0.508 e. The molecule has 0 saturated carbocycles. The molecule has 10 nitrogen and oxygen atoms in total. The molecule has 0 saturated heterocycles. The smallest absolute Gasteiger partial charge is 0.204 e. The van der Waals surface area contributed by atoms with Crippen LogP contribution in [0.25, 0.3) is 55.5 Å². The zero-order valence-corrected chi connectivity index (χ0v) is 21.2. The quantitative estimate of drug-likeness (QED) is 0.190. The number of hydrogen-bond donors (Lipinski definition) is 5. The molecule has 0 aliphatic heterocycles. The van der Waals surface area contributed by atoms with Crippen molar-refractivity contribution >= 4 is 21.9 Å². The van der Waals surface area contributed by atoms with Crippen LogP contribution in [0.15, 0.2) is 91.4 Å². The predicted molar refractivity (Wildman–Crippen MR) is 150 cm³/mol. The summed E-state index contributed by atoms with van der Waals surface area (Å²) in [6.45, 7) is 0. The lowest BCUT2D eigenvalue weighted by Gasteiger charge is -2.14. The third kappa shape index (κ3) is 4.14. The van der Waals surface area contributed by atoms with E-state index in [9.17, 15) is 35.1 Å². The van der Waals surface area contributed by atoms with E-state index >= 15 is 0 Å². The van der Waals surface area contributed by atoms with Gasteiger partial charge in [-0.3, -0.25) is 9.59 Å². The van der Waals surface area contributed by atoms with Crippen LogP contribution in [0.1, 0.15) is 0 Å². The van der Waals surface area contributed by atoms with Crippen LogP contribution in [-0.2, 0) is 0 Å². The van der Waals surface area contributed by atoms with E-state index in [1.165, 1.54) is 37.4 Å². The number of rotatable bonds is 4. The summed E-state index contributed by atoms with van der Waals surface area (Å²) in [5, 5.41) is 51.9. The summed E-state index contributed by atoms with van der Waals surface area (Å²) in [5.41, 5.74) is -0.836. The van der Waals surface area contributed by atoms with Gasteiger partial charge in [-0.2, -0.15) is 0 Å². The van der Waals surface area contributed by atoms with Gasteiger partial charge in [-0.25, -0.2) is 0 Å². The van der Waals surface area contributed by atoms with Crippen molar-refractivity contribution in [3.05, 3.63) is 93.4 Å². The molecule has 4 aromatic carbocycles. The predicted octanol–water partition coefficient (Wildman–Crippen LogP) is 5.44. The Hall–Kier alpha value is -5.90. The summed E-state index contributed by atoms with van der Waals surface area (Å²) >= 11 is 0. The number of fused-ring (bicyclic) bond motifs is 2. The fourth-order valence-electron chi connectivity index (χ4n) is 4.78. The molecule has 0 aliphatic rings. The normalized spacial score (nSPS) is 11.2. The lowest BCUT2D eigenvalue weighted by atomic mass is 9.95. The van der Waals surface area contributed by atoms with Crippen LogP contribution in [-0.4, -0.2) is 32.6 Å². The Morgan fingerprint density at radius 2 is 1.39 bits per heavy atom. The summed E-state index contributed by atoms with van der Waals surface area (Å²) in [6.07, 6.45) is 1.14. The molecule has 0 bridgehead atoms. The summed E-state index contributed by atoms with van der Waals surface area (Å²) in [7, 11) is 1.51. The van der Waals surface area contributed by atoms with Crippen molar-refractivity contribution in [2.45, 2.75) is 0 Å². The molecule has 6 aromatic rings. The molecule has 0 amide bonds. The SMILES string of the molecule is COc1ccc(-c2cc(=O)c3c(O)cc(O)c(-c4cc(-c5coc6cc(O)cc(O)c6c5=O)ccc4O)c3o2)cc1. The second-order valence-electron chi connectivity index (χ2n) is 9.25. The largest absolute Gasteiger partial charge is 0.508 e. The van der Waals surface area contributed by atoms with Gasteiger partial charge in [0.15, 0.2) is 11.0 Å². The van der Waals surface area contributed by atoms with Gasteiger partial charge < -0.3 is 39.1 Å². The fourth-order valence-corrected chi connectivity index (χ4v) is 4.78. The van der Waals surface area contributed by atoms with Gasteiger partial charge in [0.25, 0.3) is 0 Å². The summed E-state index contributed by atoms with van der Waals surface area (Å²) in [5.74, 6) is -1.42. The van der Waals surface area contributed by atoms with Crippen LogP contribution in [0.5, 0.6) is 34.5 Å². The zero-order valence-electron chi connectivity index (χ0n) is 21.2. The van der Waals surface area contributed by atoms with E-state index in [-0.39, 0.29) is 61.5 Å². The standard InChI is InChI=1S/C31H20O10/c1-39-17-5-2-14(3-6-17)25-12-24(37)28-23(36)11-22(35)27(31(28)41-25)18-8-15(4-7-20(18)33)19-13-40-26-10-16(32)9-21(34)29(26)30(19)38/h2-13,32-36H,1H3. The van der Waals surface area contributed by atoms with Crippen LogP contribution in [0.3, 0.4) is 0 Å². The summed E-state index contributed by atoms with van der Waals surface area (Å²) in [4.78, 5) is 26.4. The summed E-state index contributed by atoms with van der Waals surface area (Å²) in [6, 6.07) is 15.1. The maximum absolute atomic E-state index is 13.3. The molecule has 0 aliphatic carbocycles. The average Bonchev–Trinajstić information content (AvgIpc) is 2.93. The topological polar surface area (TPSA) is 171 Å². The van der Waals surface area contributed by atoms with Gasteiger partial charge in [0.2, 0.25) is 5.43 Å². The van der Waals surface area contributed by atoms with Crippen LogP contribution in [0.4, 0.5) is 0 Å². The maximum Gasteiger partial charge on any atom is 0.204 e. The zero-order chi connectivity index (χ0) is 29.0. The Labute approximate surface area is 229 Å². The summed E-state index contributed by atoms with van der Waals surface area (Å²) < 4.78 is 16.7. The number of benzene rings is 4. The van der Waals surface area contributed by atoms with Crippen LogP contribution in [0, 0.1) is 0 Å². The molecular weight excluding hydrogens is 532 g/mol. The van der Waals surface area contributed by atoms with Gasteiger partial charge >= 0.3 is 0 Å². The molecule has 41 heavy (non-hydrogen) atoms. The van der Waals surface area contributed by atoms with E-state index in [0.717, 1.165) is 18.4 Å². The number of ether oxygens (including phenoxy) is 1. The molecule has 0 atom stereocenters. The van der Waals surface area contributed by atoms with Crippen LogP contribution < -0.4 is 15.6 Å². The van der Waals surface area contributed by atoms with Crippen molar-refractivity contribution in [2.75, 3.05) is 7.11 Å². The molecule has 0 spiro atoms. The van der Waals surface area contributed by atoms with Gasteiger partial charge in [0.1, 0.15) is 62.9 Å². The lowest BCUT2D eigenvalue weighted by molar-refractivity contribution is 0.415. The lowest BCUT2D eigenvalue weighted by Crippen LogP contribution is -2.05. The van der Waals surface area contributed by atoms with E-state index in [0.29, 0.717) is 11.3 Å². The Kier molecular flexibility index (Phi) is 5.81. The van der Waals surface area contributed by atoms with Crippen LogP contribution >= 0.6 is 0 Å². The molecule has 0 unspecified atom stereocenters. The highest BCUT2D eigenvalue weighted by molar-refractivity contribution is 6.01. The molecule has 2 heterocycles. The van der Waals surface area contributed by atoms with E-state index < -0.39 is 28.1 Å². The highest BCUT2D eigenvalue weighted by atomic mass is 16.5. The fraction of sp³-hybridized carbons (Fsp3) is 0.0323. The maximum atomic E-state index is 13.3. The minimum atomic E-state index is -0.617. The Morgan fingerprint density at radius 3 is 2.12 bits per heavy atom. The van der Waals surface area contributed by atoms with Crippen molar-refractivity contribution in [2.24, 2.45) is 0 Å². The number of methoxy groups -OCH3 is 1. The molecule has 0 radical (unpaired) electrons. The first-order chi connectivity index (χ1) is 19.7. The van der Waals surface area contributed by atoms with Crippen LogP contribution in [0.2, 0.25) is 0 Å². The first-order valence-electron chi connectivity index (χ1n) is 12.1. The first-order valence-corrected chi connectivity index (χ1v) is 12.1. The number of hydrogen-bond acceptors (Lipinski definition) is 10. The Morgan fingerprint density at radius 1 is 0.683 bits per heavy atom. The van der Waals surface area contributed by atoms with Gasteiger partial charge in [-0.05, 0) is 42.0 Å². The van der Waals surface area contributed by atoms with Crippen molar-refractivity contribution in [1.82, 2.24) is 0 Å². The Bertz CT molecular complexity index is 2120. The van der Waals surface area contributed by atoms with Crippen molar-refractivity contribution in [3.8, 4) is 68.1 Å². The van der Waals surface area contributed by atoms with E-state index in [1.54, 1.807) is 24.3 Å². The second-order valence-corrected chi connectivity index (χ2v) is 9.25. The molecule has 10 heteroatoms. The van der Waals surface area contributed by atoms with Gasteiger partial charge in [-0.1, -0.05) is 6.07 Å². The number of aromatic hydroxyl groups is 5. The van der Waals surface area contributed by atoms with E-state index in [2.05, 4.69) is 0 Å². The van der Waals surface area contributed by atoms with Gasteiger partial charge in [0.05, 0.1) is 18.2 Å². The molecule has 2 aromatic heterocycles. The van der Waals surface area contributed by atoms with Crippen molar-refractivity contribution < 1.29 is 39.1 Å². The van der Waals surface area contributed by atoms with E-state index in [4.69, 9.17) is 13.6 Å². The second kappa shape index (κ2) is 9.38. The van der Waals surface area contributed by atoms with E-state index in [1.807, 2.05) is 0 Å². The number of phenolic OH excluding ortho intramolecular Hbond substituents is 5. The molecule has 0 fully saturated rings.